The summed E-state index contributed by atoms with van der Waals surface area (Å²) in [5, 5.41) is 8.87. The fraction of sp³-hybridized carbons (Fsp3) is 0.417. The third-order valence-corrected chi connectivity index (χ3v) is 2.68. The molecule has 0 spiro atoms. The number of carbonyl (C=O) groups is 1. The van der Waals surface area contributed by atoms with E-state index in [0.29, 0.717) is 18.7 Å². The molecule has 0 aliphatic heterocycles. The molecule has 20 heavy (non-hydrogen) atoms. The van der Waals surface area contributed by atoms with Gasteiger partial charge in [-0.1, -0.05) is 0 Å². The first-order valence-corrected chi connectivity index (χ1v) is 6.31. The van der Waals surface area contributed by atoms with Crippen LogP contribution in [-0.4, -0.2) is 37.1 Å². The van der Waals surface area contributed by atoms with Gasteiger partial charge in [0.25, 0.3) is 0 Å². The second-order valence-electron chi connectivity index (χ2n) is 4.49. The average Bonchev–Trinajstić information content (AvgIpc) is 2.83. The molecule has 0 aliphatic rings. The molecule has 1 atom stereocenters. The maximum atomic E-state index is 11.7. The molecule has 0 fully saturated rings. The van der Waals surface area contributed by atoms with E-state index in [1.807, 2.05) is 6.92 Å². The summed E-state index contributed by atoms with van der Waals surface area (Å²) in [7, 11) is 0. The fourth-order valence-electron chi connectivity index (χ4n) is 1.80. The van der Waals surface area contributed by atoms with E-state index in [1.54, 1.807) is 18.6 Å². The number of hydrogen-bond donors (Lipinski definition) is 3. The Balaban J connectivity index is 1.75. The topological polar surface area (TPSA) is 116 Å². The van der Waals surface area contributed by atoms with Crippen molar-refractivity contribution in [3.8, 4) is 0 Å². The number of hydrogen-bond acceptors (Lipinski definition) is 5. The van der Waals surface area contributed by atoms with Crippen molar-refractivity contribution < 1.29 is 4.79 Å². The lowest BCUT2D eigenvalue weighted by atomic mass is 10.2. The van der Waals surface area contributed by atoms with E-state index < -0.39 is 0 Å². The van der Waals surface area contributed by atoms with Crippen LogP contribution in [0.1, 0.15) is 24.9 Å². The minimum Gasteiger partial charge on any atom is -0.353 e. The maximum absolute atomic E-state index is 11.7. The largest absolute Gasteiger partial charge is 0.353 e. The lowest BCUT2D eigenvalue weighted by Gasteiger charge is -2.12. The van der Waals surface area contributed by atoms with E-state index in [0.717, 1.165) is 5.69 Å². The Bertz CT molecular complexity index is 606. The van der Waals surface area contributed by atoms with Gasteiger partial charge in [-0.05, 0) is 6.92 Å². The molecule has 0 aromatic carbocycles. The highest BCUT2D eigenvalue weighted by Gasteiger charge is 2.10. The Labute approximate surface area is 115 Å². The van der Waals surface area contributed by atoms with Crippen LogP contribution in [0.4, 0.5) is 0 Å². The number of aryl methyl sites for hydroxylation is 1. The number of aromatic nitrogens is 5. The van der Waals surface area contributed by atoms with Crippen LogP contribution in [0.25, 0.3) is 0 Å². The quantitative estimate of drug-likeness (QED) is 0.662. The summed E-state index contributed by atoms with van der Waals surface area (Å²) in [5.41, 5.74) is 0.466. The molecule has 2 rings (SSSR count). The first-order chi connectivity index (χ1) is 9.63. The van der Waals surface area contributed by atoms with Gasteiger partial charge in [-0.25, -0.2) is 9.89 Å². The second kappa shape index (κ2) is 6.60. The van der Waals surface area contributed by atoms with Crippen molar-refractivity contribution in [2.24, 2.45) is 0 Å². The van der Waals surface area contributed by atoms with Gasteiger partial charge in [-0.3, -0.25) is 19.7 Å². The normalized spacial score (nSPS) is 12.1. The number of nitrogens with zero attached hydrogens (tertiary/aromatic N) is 3. The van der Waals surface area contributed by atoms with E-state index in [9.17, 15) is 9.59 Å². The highest BCUT2D eigenvalue weighted by molar-refractivity contribution is 5.76. The van der Waals surface area contributed by atoms with Crippen molar-refractivity contribution in [2.45, 2.75) is 32.2 Å². The van der Waals surface area contributed by atoms with Crippen LogP contribution in [-0.2, 0) is 17.6 Å². The molecule has 0 bridgehead atoms. The van der Waals surface area contributed by atoms with Crippen LogP contribution in [0.3, 0.4) is 0 Å². The SMILES string of the molecule is CC(Cc1cnccn1)NC(=O)CCc1n[nH]c(=O)[nH]1. The van der Waals surface area contributed by atoms with E-state index in [-0.39, 0.29) is 24.1 Å². The Morgan fingerprint density at radius 2 is 2.30 bits per heavy atom. The monoisotopic (exact) mass is 276 g/mol. The van der Waals surface area contributed by atoms with E-state index >= 15 is 0 Å². The summed E-state index contributed by atoms with van der Waals surface area (Å²) >= 11 is 0. The van der Waals surface area contributed by atoms with Crippen molar-refractivity contribution in [3.05, 3.63) is 40.6 Å². The first-order valence-electron chi connectivity index (χ1n) is 6.31. The lowest BCUT2D eigenvalue weighted by Crippen LogP contribution is -2.34. The van der Waals surface area contributed by atoms with Crippen LogP contribution in [0.2, 0.25) is 0 Å². The molecular weight excluding hydrogens is 260 g/mol. The molecule has 8 nitrogen and oxygen atoms in total. The number of aromatic amines is 2. The highest BCUT2D eigenvalue weighted by atomic mass is 16.2. The minimum atomic E-state index is -0.364. The van der Waals surface area contributed by atoms with E-state index in [2.05, 4.69) is 30.5 Å². The number of H-pyrrole nitrogens is 2. The summed E-state index contributed by atoms with van der Waals surface area (Å²) in [5.74, 6) is 0.386. The molecular formula is C12H16N6O2. The fourth-order valence-corrected chi connectivity index (χ4v) is 1.80. The molecule has 0 saturated heterocycles. The van der Waals surface area contributed by atoms with Crippen LogP contribution < -0.4 is 11.0 Å². The summed E-state index contributed by atoms with van der Waals surface area (Å²) in [6.07, 6.45) is 6.19. The molecule has 0 radical (unpaired) electrons. The molecule has 2 heterocycles. The van der Waals surface area contributed by atoms with Gasteiger partial charge in [0.15, 0.2) is 0 Å². The van der Waals surface area contributed by atoms with Crippen LogP contribution in [0, 0.1) is 0 Å². The number of nitrogens with one attached hydrogen (secondary N) is 3. The number of amides is 1. The maximum Gasteiger partial charge on any atom is 0.340 e. The number of rotatable bonds is 6. The summed E-state index contributed by atoms with van der Waals surface area (Å²) < 4.78 is 0. The van der Waals surface area contributed by atoms with Gasteiger partial charge in [0.1, 0.15) is 5.82 Å². The lowest BCUT2D eigenvalue weighted by molar-refractivity contribution is -0.121. The van der Waals surface area contributed by atoms with E-state index in [1.165, 1.54) is 0 Å². The smallest absolute Gasteiger partial charge is 0.340 e. The zero-order valence-electron chi connectivity index (χ0n) is 11.1. The van der Waals surface area contributed by atoms with Gasteiger partial charge >= 0.3 is 5.69 Å². The predicted molar refractivity (Wildman–Crippen MR) is 70.9 cm³/mol. The Hall–Kier alpha value is -2.51. The van der Waals surface area contributed by atoms with Crippen LogP contribution in [0.15, 0.2) is 23.4 Å². The van der Waals surface area contributed by atoms with Gasteiger partial charge in [-0.15, -0.1) is 0 Å². The summed E-state index contributed by atoms with van der Waals surface area (Å²) in [6.45, 7) is 1.91. The molecule has 0 saturated carbocycles. The van der Waals surface area contributed by atoms with Gasteiger partial charge in [0.2, 0.25) is 5.91 Å². The first kappa shape index (κ1) is 13.9. The molecule has 0 aliphatic carbocycles. The van der Waals surface area contributed by atoms with Crippen LogP contribution >= 0.6 is 0 Å². The highest BCUT2D eigenvalue weighted by Crippen LogP contribution is 1.98. The zero-order chi connectivity index (χ0) is 14.4. The molecule has 106 valence electrons. The van der Waals surface area contributed by atoms with Gasteiger partial charge in [0, 0.05) is 43.9 Å². The third-order valence-electron chi connectivity index (χ3n) is 2.68. The predicted octanol–water partition coefficient (Wildman–Crippen LogP) is -0.432. The van der Waals surface area contributed by atoms with Crippen molar-refractivity contribution in [2.75, 3.05) is 0 Å². The third kappa shape index (κ3) is 4.30. The van der Waals surface area contributed by atoms with Crippen molar-refractivity contribution >= 4 is 5.91 Å². The van der Waals surface area contributed by atoms with E-state index in [4.69, 9.17) is 0 Å². The average molecular weight is 276 g/mol. The summed E-state index contributed by atoms with van der Waals surface area (Å²) in [6, 6.07) is -0.0302. The molecule has 3 N–H and O–H groups in total. The molecule has 8 heteroatoms. The van der Waals surface area contributed by atoms with Crippen molar-refractivity contribution in [1.29, 1.82) is 0 Å². The molecule has 2 aromatic heterocycles. The van der Waals surface area contributed by atoms with Crippen molar-refractivity contribution in [3.63, 3.8) is 0 Å². The van der Waals surface area contributed by atoms with Crippen LogP contribution in [0.5, 0.6) is 0 Å². The van der Waals surface area contributed by atoms with Gasteiger partial charge < -0.3 is 5.32 Å². The molecule has 2 aromatic rings. The second-order valence-corrected chi connectivity index (χ2v) is 4.49. The zero-order valence-corrected chi connectivity index (χ0v) is 11.1. The Morgan fingerprint density at radius 3 is 2.95 bits per heavy atom. The van der Waals surface area contributed by atoms with Crippen molar-refractivity contribution in [1.82, 2.24) is 30.5 Å². The minimum absolute atomic E-state index is 0.0302. The molecule has 1 unspecified atom stereocenters. The van der Waals surface area contributed by atoms with Gasteiger partial charge in [0.05, 0.1) is 5.69 Å². The molecule has 1 amide bonds. The Kier molecular flexibility index (Phi) is 4.59. The summed E-state index contributed by atoms with van der Waals surface area (Å²) in [4.78, 5) is 33.2. The Morgan fingerprint density at radius 1 is 1.45 bits per heavy atom. The van der Waals surface area contributed by atoms with Gasteiger partial charge in [-0.2, -0.15) is 5.10 Å². The standard InChI is InChI=1S/C12H16N6O2/c1-8(6-9-7-13-4-5-14-9)15-11(19)3-2-10-16-12(20)18-17-10/h4-5,7-8H,2-3,6H2,1H3,(H,15,19)(H2,16,17,18,20). The number of carbonyl (C=O) groups excluding carboxylic acids is 1.